The maximum atomic E-state index is 11.9. The average Bonchev–Trinajstić information content (AvgIpc) is 3.09. The minimum Gasteiger partial charge on any atom is -0.482 e. The standard InChI is InChI=1S/C17H13Cl3N2O4/c1-9(10-2-3-14-16(4-10)26-8-25-14)21-22-17(23)7-24-15-6-12(19)11(18)5-13(15)20/h2-6H,7-8H2,1H3,(H,22,23)/b21-9+. The summed E-state index contributed by atoms with van der Waals surface area (Å²) in [5.74, 6) is 1.12. The number of hydrogen-bond acceptors (Lipinski definition) is 5. The number of nitrogens with one attached hydrogen (secondary N) is 1. The van der Waals surface area contributed by atoms with Crippen LogP contribution in [0.5, 0.6) is 17.2 Å². The van der Waals surface area contributed by atoms with Crippen molar-refractivity contribution in [3.8, 4) is 17.2 Å². The summed E-state index contributed by atoms with van der Waals surface area (Å²) in [7, 11) is 0. The van der Waals surface area contributed by atoms with Crippen molar-refractivity contribution in [3.63, 3.8) is 0 Å². The number of hydrogen-bond donors (Lipinski definition) is 1. The molecule has 26 heavy (non-hydrogen) atoms. The van der Waals surface area contributed by atoms with Gasteiger partial charge in [0, 0.05) is 11.6 Å². The molecule has 1 heterocycles. The van der Waals surface area contributed by atoms with Crippen molar-refractivity contribution in [1.29, 1.82) is 0 Å². The number of rotatable bonds is 5. The number of hydrazone groups is 1. The van der Waals surface area contributed by atoms with Crippen LogP contribution < -0.4 is 19.6 Å². The molecule has 0 unspecified atom stereocenters. The molecule has 0 aromatic heterocycles. The first kappa shape index (κ1) is 18.6. The van der Waals surface area contributed by atoms with Crippen molar-refractivity contribution in [2.75, 3.05) is 13.4 Å². The molecule has 0 saturated carbocycles. The number of amides is 1. The number of carbonyl (C=O) groups excluding carboxylic acids is 1. The highest BCUT2D eigenvalue weighted by atomic mass is 35.5. The fraction of sp³-hybridized carbons (Fsp3) is 0.176. The third kappa shape index (κ3) is 4.33. The summed E-state index contributed by atoms with van der Waals surface area (Å²) in [6, 6.07) is 8.29. The summed E-state index contributed by atoms with van der Waals surface area (Å²) >= 11 is 17.7. The quantitative estimate of drug-likeness (QED) is 0.449. The van der Waals surface area contributed by atoms with Crippen molar-refractivity contribution in [3.05, 3.63) is 51.0 Å². The predicted molar refractivity (Wildman–Crippen MR) is 99.9 cm³/mol. The van der Waals surface area contributed by atoms with Crippen LogP contribution in [0.1, 0.15) is 12.5 Å². The van der Waals surface area contributed by atoms with Gasteiger partial charge in [0.05, 0.1) is 20.8 Å². The molecular formula is C17H13Cl3N2O4. The largest absolute Gasteiger partial charge is 0.482 e. The summed E-state index contributed by atoms with van der Waals surface area (Å²) in [6.07, 6.45) is 0. The summed E-state index contributed by atoms with van der Waals surface area (Å²) in [4.78, 5) is 11.9. The normalized spacial score (nSPS) is 12.8. The molecule has 0 radical (unpaired) electrons. The Morgan fingerprint density at radius 2 is 1.85 bits per heavy atom. The second-order valence-corrected chi connectivity index (χ2v) is 6.51. The molecule has 3 rings (SSSR count). The maximum absolute atomic E-state index is 11.9. The van der Waals surface area contributed by atoms with Crippen LogP contribution in [-0.4, -0.2) is 25.0 Å². The Labute approximate surface area is 164 Å². The topological polar surface area (TPSA) is 69.2 Å². The third-order valence-corrected chi connectivity index (χ3v) is 4.49. The van der Waals surface area contributed by atoms with Crippen LogP contribution in [0.2, 0.25) is 15.1 Å². The minimum atomic E-state index is -0.452. The lowest BCUT2D eigenvalue weighted by molar-refractivity contribution is -0.123. The molecule has 9 heteroatoms. The smallest absolute Gasteiger partial charge is 0.277 e. The first-order chi connectivity index (χ1) is 12.4. The van der Waals surface area contributed by atoms with Crippen LogP contribution in [0.4, 0.5) is 0 Å². The zero-order chi connectivity index (χ0) is 18.7. The van der Waals surface area contributed by atoms with E-state index in [4.69, 9.17) is 49.0 Å². The minimum absolute atomic E-state index is 0.195. The molecule has 1 aliphatic heterocycles. The van der Waals surface area contributed by atoms with Gasteiger partial charge in [-0.3, -0.25) is 4.79 Å². The monoisotopic (exact) mass is 414 g/mol. The molecule has 1 N–H and O–H groups in total. The lowest BCUT2D eigenvalue weighted by Gasteiger charge is -2.09. The van der Waals surface area contributed by atoms with Crippen molar-refractivity contribution >= 4 is 46.4 Å². The average molecular weight is 416 g/mol. The number of nitrogens with zero attached hydrogens (tertiary/aromatic N) is 1. The van der Waals surface area contributed by atoms with Crippen LogP contribution in [0, 0.1) is 0 Å². The molecule has 136 valence electrons. The van der Waals surface area contributed by atoms with Crippen LogP contribution in [0.15, 0.2) is 35.4 Å². The number of benzene rings is 2. The van der Waals surface area contributed by atoms with E-state index < -0.39 is 5.91 Å². The predicted octanol–water partition coefficient (Wildman–Crippen LogP) is 4.29. The fourth-order valence-corrected chi connectivity index (χ4v) is 2.71. The van der Waals surface area contributed by atoms with E-state index >= 15 is 0 Å². The van der Waals surface area contributed by atoms with E-state index in [1.54, 1.807) is 19.1 Å². The Kier molecular flexibility index (Phi) is 5.76. The van der Waals surface area contributed by atoms with Crippen molar-refractivity contribution in [1.82, 2.24) is 5.43 Å². The van der Waals surface area contributed by atoms with Gasteiger partial charge in [-0.05, 0) is 31.2 Å². The first-order valence-corrected chi connectivity index (χ1v) is 8.58. The van der Waals surface area contributed by atoms with E-state index in [2.05, 4.69) is 10.5 Å². The molecule has 6 nitrogen and oxygen atoms in total. The number of fused-ring (bicyclic) bond motifs is 1. The van der Waals surface area contributed by atoms with Gasteiger partial charge in [0.1, 0.15) is 5.75 Å². The molecule has 0 spiro atoms. The first-order valence-electron chi connectivity index (χ1n) is 7.44. The van der Waals surface area contributed by atoms with Crippen molar-refractivity contribution in [2.24, 2.45) is 5.10 Å². The molecule has 1 aliphatic rings. The lowest BCUT2D eigenvalue weighted by atomic mass is 10.1. The third-order valence-electron chi connectivity index (χ3n) is 3.47. The molecule has 0 aliphatic carbocycles. The van der Waals surface area contributed by atoms with E-state index in [-0.39, 0.29) is 29.2 Å². The van der Waals surface area contributed by atoms with E-state index in [9.17, 15) is 4.79 Å². The van der Waals surface area contributed by atoms with Crippen LogP contribution >= 0.6 is 34.8 Å². The maximum Gasteiger partial charge on any atom is 0.277 e. The van der Waals surface area contributed by atoms with Gasteiger partial charge in [0.2, 0.25) is 6.79 Å². The molecule has 2 aromatic carbocycles. The highest BCUT2D eigenvalue weighted by Crippen LogP contribution is 2.34. The van der Waals surface area contributed by atoms with Gasteiger partial charge in [-0.2, -0.15) is 5.10 Å². The molecule has 0 fully saturated rings. The second-order valence-electron chi connectivity index (χ2n) is 5.29. The van der Waals surface area contributed by atoms with Crippen LogP contribution in [0.3, 0.4) is 0 Å². The highest BCUT2D eigenvalue weighted by molar-refractivity contribution is 6.43. The SMILES string of the molecule is C/C(=N\NC(=O)COc1cc(Cl)c(Cl)cc1Cl)c1ccc2c(c1)OCO2. The zero-order valence-electron chi connectivity index (χ0n) is 13.5. The second kappa shape index (κ2) is 8.03. The Morgan fingerprint density at radius 1 is 1.12 bits per heavy atom. The molecule has 1 amide bonds. The molecule has 0 bridgehead atoms. The Bertz CT molecular complexity index is 887. The zero-order valence-corrected chi connectivity index (χ0v) is 15.8. The van der Waals surface area contributed by atoms with E-state index in [1.165, 1.54) is 12.1 Å². The van der Waals surface area contributed by atoms with E-state index in [0.29, 0.717) is 22.2 Å². The van der Waals surface area contributed by atoms with Gasteiger partial charge in [-0.1, -0.05) is 34.8 Å². The Hall–Kier alpha value is -2.15. The number of halogens is 3. The van der Waals surface area contributed by atoms with Gasteiger partial charge in [0.15, 0.2) is 18.1 Å². The van der Waals surface area contributed by atoms with E-state index in [1.807, 2.05) is 6.07 Å². The highest BCUT2D eigenvalue weighted by Gasteiger charge is 2.14. The number of ether oxygens (including phenoxy) is 3. The van der Waals surface area contributed by atoms with Crippen LogP contribution in [-0.2, 0) is 4.79 Å². The summed E-state index contributed by atoms with van der Waals surface area (Å²) < 4.78 is 15.9. The van der Waals surface area contributed by atoms with E-state index in [0.717, 1.165) is 5.56 Å². The van der Waals surface area contributed by atoms with Gasteiger partial charge in [-0.15, -0.1) is 0 Å². The van der Waals surface area contributed by atoms with Gasteiger partial charge < -0.3 is 14.2 Å². The van der Waals surface area contributed by atoms with Crippen molar-refractivity contribution in [2.45, 2.75) is 6.92 Å². The lowest BCUT2D eigenvalue weighted by Crippen LogP contribution is -2.25. The number of carbonyl (C=O) groups is 1. The Morgan fingerprint density at radius 3 is 2.65 bits per heavy atom. The van der Waals surface area contributed by atoms with Crippen molar-refractivity contribution < 1.29 is 19.0 Å². The summed E-state index contributed by atoms with van der Waals surface area (Å²) in [5, 5.41) is 4.89. The fourth-order valence-electron chi connectivity index (χ4n) is 2.12. The van der Waals surface area contributed by atoms with Gasteiger partial charge in [-0.25, -0.2) is 5.43 Å². The molecule has 0 atom stereocenters. The Balaban J connectivity index is 1.58. The molecular weight excluding hydrogens is 403 g/mol. The molecule has 0 saturated heterocycles. The summed E-state index contributed by atoms with van der Waals surface area (Å²) in [6.45, 7) is 1.67. The summed E-state index contributed by atoms with van der Waals surface area (Å²) in [5.41, 5.74) is 3.81. The van der Waals surface area contributed by atoms with Gasteiger partial charge in [0.25, 0.3) is 5.91 Å². The van der Waals surface area contributed by atoms with Gasteiger partial charge >= 0.3 is 0 Å². The molecule has 2 aromatic rings. The van der Waals surface area contributed by atoms with Crippen LogP contribution in [0.25, 0.3) is 0 Å².